The smallest absolute Gasteiger partial charge is 0.245 e. The molecular formula is C15H20N4O3S2. The fourth-order valence-corrected chi connectivity index (χ4v) is 5.02. The van der Waals surface area contributed by atoms with Gasteiger partial charge in [0.25, 0.3) is 0 Å². The van der Waals surface area contributed by atoms with Crippen molar-refractivity contribution >= 4 is 38.7 Å². The number of nitrogens with zero attached hydrogens (tertiary/aromatic N) is 3. The lowest BCUT2D eigenvalue weighted by atomic mass is 10.2. The van der Waals surface area contributed by atoms with Gasteiger partial charge in [-0.25, -0.2) is 8.42 Å². The summed E-state index contributed by atoms with van der Waals surface area (Å²) in [5.74, 6) is -0.106. The first-order valence-electron chi connectivity index (χ1n) is 8.07. The van der Waals surface area contributed by atoms with Gasteiger partial charge in [-0.05, 0) is 25.0 Å². The zero-order chi connectivity index (χ0) is 17.0. The zero-order valence-electron chi connectivity index (χ0n) is 13.3. The third-order valence-electron chi connectivity index (χ3n) is 4.11. The van der Waals surface area contributed by atoms with Crippen LogP contribution in [0.3, 0.4) is 0 Å². The Labute approximate surface area is 145 Å². The lowest BCUT2D eigenvalue weighted by Crippen LogP contribution is -2.36. The maximum absolute atomic E-state index is 13.1. The van der Waals surface area contributed by atoms with Gasteiger partial charge in [-0.2, -0.15) is 13.1 Å². The molecule has 1 aromatic carbocycles. The summed E-state index contributed by atoms with van der Waals surface area (Å²) in [5, 5.41) is 2.84. The topological polar surface area (TPSA) is 92.3 Å². The monoisotopic (exact) mass is 368 g/mol. The quantitative estimate of drug-likeness (QED) is 0.872. The molecule has 3 rings (SSSR count). The second-order valence-electron chi connectivity index (χ2n) is 5.81. The van der Waals surface area contributed by atoms with Crippen molar-refractivity contribution in [3.63, 3.8) is 0 Å². The summed E-state index contributed by atoms with van der Waals surface area (Å²) < 4.78 is 35.8. The minimum atomic E-state index is -3.70. The summed E-state index contributed by atoms with van der Waals surface area (Å²) in [6, 6.07) is 4.98. The van der Waals surface area contributed by atoms with E-state index < -0.39 is 10.0 Å². The SMILES string of the molecule is O=C1CCN(S(=O)(=O)c2cccc3nsnc23)CCCCCCN1. The molecule has 2 aromatic rings. The van der Waals surface area contributed by atoms with Crippen LogP contribution in [0, 0.1) is 0 Å². The zero-order valence-corrected chi connectivity index (χ0v) is 14.9. The van der Waals surface area contributed by atoms with Crippen molar-refractivity contribution in [1.29, 1.82) is 0 Å². The first-order chi connectivity index (χ1) is 11.6. The van der Waals surface area contributed by atoms with Crippen molar-refractivity contribution in [2.75, 3.05) is 19.6 Å². The molecule has 24 heavy (non-hydrogen) atoms. The summed E-state index contributed by atoms with van der Waals surface area (Å²) in [6.45, 7) is 1.26. The van der Waals surface area contributed by atoms with Crippen molar-refractivity contribution in [2.45, 2.75) is 37.0 Å². The summed E-state index contributed by atoms with van der Waals surface area (Å²) in [7, 11) is -3.70. The third-order valence-corrected chi connectivity index (χ3v) is 6.58. The van der Waals surface area contributed by atoms with E-state index in [-0.39, 0.29) is 23.8 Å². The van der Waals surface area contributed by atoms with Crippen LogP contribution in [0.15, 0.2) is 23.1 Å². The Hall–Kier alpha value is -1.58. The average molecular weight is 368 g/mol. The molecule has 130 valence electrons. The molecule has 1 aromatic heterocycles. The van der Waals surface area contributed by atoms with E-state index in [2.05, 4.69) is 14.1 Å². The lowest BCUT2D eigenvalue weighted by molar-refractivity contribution is -0.121. The number of carbonyl (C=O) groups excluding carboxylic acids is 1. The lowest BCUT2D eigenvalue weighted by Gasteiger charge is -2.21. The molecule has 2 heterocycles. The van der Waals surface area contributed by atoms with Gasteiger partial charge >= 0.3 is 0 Å². The van der Waals surface area contributed by atoms with Crippen LogP contribution < -0.4 is 5.32 Å². The molecule has 0 bridgehead atoms. The average Bonchev–Trinajstić information content (AvgIpc) is 3.02. The van der Waals surface area contributed by atoms with Crippen LogP contribution in [0.2, 0.25) is 0 Å². The molecule has 7 nitrogen and oxygen atoms in total. The third kappa shape index (κ3) is 3.73. The molecule has 0 unspecified atom stereocenters. The Morgan fingerprint density at radius 3 is 2.79 bits per heavy atom. The van der Waals surface area contributed by atoms with Gasteiger partial charge in [0, 0.05) is 26.1 Å². The standard InChI is InChI=1S/C15H20N4O3S2/c20-14-8-11-19(10-4-2-1-3-9-16-14)24(21,22)13-7-5-6-12-15(13)18-23-17-12/h5-7H,1-4,8-11H2,(H,16,20). The van der Waals surface area contributed by atoms with E-state index >= 15 is 0 Å². The van der Waals surface area contributed by atoms with Crippen molar-refractivity contribution in [3.05, 3.63) is 18.2 Å². The Morgan fingerprint density at radius 2 is 1.92 bits per heavy atom. The number of fused-ring (bicyclic) bond motifs is 1. The number of nitrogens with one attached hydrogen (secondary N) is 1. The largest absolute Gasteiger partial charge is 0.356 e. The predicted molar refractivity (Wildman–Crippen MR) is 92.3 cm³/mol. The molecule has 1 amide bonds. The van der Waals surface area contributed by atoms with Crippen LogP contribution in [-0.2, 0) is 14.8 Å². The molecule has 1 fully saturated rings. The molecule has 1 aliphatic heterocycles. The highest BCUT2D eigenvalue weighted by Crippen LogP contribution is 2.25. The van der Waals surface area contributed by atoms with Crippen LogP contribution >= 0.6 is 11.7 Å². The highest BCUT2D eigenvalue weighted by Gasteiger charge is 2.27. The summed E-state index contributed by atoms with van der Waals surface area (Å²) in [5.41, 5.74) is 0.984. The van der Waals surface area contributed by atoms with Crippen LogP contribution in [0.4, 0.5) is 0 Å². The Balaban J connectivity index is 1.90. The van der Waals surface area contributed by atoms with Gasteiger partial charge in [-0.15, -0.1) is 0 Å². The molecule has 0 saturated carbocycles. The Morgan fingerprint density at radius 1 is 1.08 bits per heavy atom. The number of benzene rings is 1. The van der Waals surface area contributed by atoms with Gasteiger partial charge in [0.15, 0.2) is 0 Å². The van der Waals surface area contributed by atoms with Gasteiger partial charge < -0.3 is 5.32 Å². The summed E-state index contributed by atoms with van der Waals surface area (Å²) >= 11 is 0.999. The van der Waals surface area contributed by atoms with Crippen LogP contribution in [0.25, 0.3) is 11.0 Å². The number of aromatic nitrogens is 2. The van der Waals surface area contributed by atoms with E-state index in [0.29, 0.717) is 24.1 Å². The molecular weight excluding hydrogens is 348 g/mol. The minimum Gasteiger partial charge on any atom is -0.356 e. The normalized spacial score (nSPS) is 18.9. The maximum atomic E-state index is 13.1. The number of hydrogen-bond acceptors (Lipinski definition) is 6. The Kier molecular flexibility index (Phi) is 5.42. The van der Waals surface area contributed by atoms with E-state index in [0.717, 1.165) is 37.4 Å². The van der Waals surface area contributed by atoms with Gasteiger partial charge in [0.1, 0.15) is 15.9 Å². The predicted octanol–water partition coefficient (Wildman–Crippen LogP) is 1.76. The van der Waals surface area contributed by atoms with E-state index in [1.165, 1.54) is 4.31 Å². The van der Waals surface area contributed by atoms with Gasteiger partial charge in [-0.3, -0.25) is 4.79 Å². The molecule has 0 radical (unpaired) electrons. The van der Waals surface area contributed by atoms with Crippen molar-refractivity contribution < 1.29 is 13.2 Å². The van der Waals surface area contributed by atoms with Gasteiger partial charge in [0.05, 0.1) is 11.7 Å². The summed E-state index contributed by atoms with van der Waals surface area (Å²) in [6.07, 6.45) is 3.83. The van der Waals surface area contributed by atoms with Crippen LogP contribution in [-0.4, -0.2) is 47.0 Å². The van der Waals surface area contributed by atoms with E-state index in [9.17, 15) is 13.2 Å². The number of hydrogen-bond donors (Lipinski definition) is 1. The number of amides is 1. The minimum absolute atomic E-state index is 0.106. The number of rotatable bonds is 2. The van der Waals surface area contributed by atoms with Gasteiger partial charge in [-0.1, -0.05) is 18.9 Å². The molecule has 1 aliphatic rings. The Bertz CT molecular complexity index is 819. The molecule has 0 atom stereocenters. The number of sulfonamides is 1. The maximum Gasteiger partial charge on any atom is 0.245 e. The molecule has 1 saturated heterocycles. The fourth-order valence-electron chi connectivity index (χ4n) is 2.79. The second-order valence-corrected chi connectivity index (χ2v) is 8.24. The van der Waals surface area contributed by atoms with E-state index in [1.54, 1.807) is 18.2 Å². The molecule has 0 aliphatic carbocycles. The van der Waals surface area contributed by atoms with Crippen molar-refractivity contribution in [3.8, 4) is 0 Å². The van der Waals surface area contributed by atoms with Gasteiger partial charge in [0.2, 0.25) is 15.9 Å². The molecule has 1 N–H and O–H groups in total. The van der Waals surface area contributed by atoms with Crippen LogP contribution in [0.1, 0.15) is 32.1 Å². The second kappa shape index (κ2) is 7.54. The molecule has 0 spiro atoms. The number of carbonyl (C=O) groups is 1. The van der Waals surface area contributed by atoms with E-state index in [1.807, 2.05) is 0 Å². The van der Waals surface area contributed by atoms with Crippen molar-refractivity contribution in [1.82, 2.24) is 18.4 Å². The highest BCUT2D eigenvalue weighted by molar-refractivity contribution is 7.89. The highest BCUT2D eigenvalue weighted by atomic mass is 32.2. The van der Waals surface area contributed by atoms with Crippen LogP contribution in [0.5, 0.6) is 0 Å². The first-order valence-corrected chi connectivity index (χ1v) is 10.2. The van der Waals surface area contributed by atoms with E-state index in [4.69, 9.17) is 0 Å². The molecule has 9 heteroatoms. The first kappa shape index (κ1) is 17.2. The van der Waals surface area contributed by atoms with Crippen molar-refractivity contribution in [2.24, 2.45) is 0 Å². The fraction of sp³-hybridized carbons (Fsp3) is 0.533. The summed E-state index contributed by atoms with van der Waals surface area (Å²) in [4.78, 5) is 12.0.